The molecule has 10 heteroatoms. The van der Waals surface area contributed by atoms with Gasteiger partial charge < -0.3 is 25.4 Å². The number of esters is 2. The number of nitrogens with zero attached hydrogens (tertiary/aromatic N) is 1. The molecular formula is C29H31ClN4O4S. The molecule has 3 aromatic rings. The quantitative estimate of drug-likeness (QED) is 0.327. The third-order valence-corrected chi connectivity index (χ3v) is 8.65. The first-order valence-corrected chi connectivity index (χ1v) is 14.6. The van der Waals surface area contributed by atoms with Crippen LogP contribution >= 0.6 is 22.9 Å². The summed E-state index contributed by atoms with van der Waals surface area (Å²) in [5.41, 5.74) is 5.45. The second-order valence-electron chi connectivity index (χ2n) is 10.4. The lowest BCUT2D eigenvalue weighted by molar-refractivity contribution is -0.225. The topological polar surface area (TPSA) is 102 Å². The van der Waals surface area contributed by atoms with Gasteiger partial charge in [0, 0.05) is 29.1 Å². The molecule has 2 aromatic carbocycles. The summed E-state index contributed by atoms with van der Waals surface area (Å²) in [6, 6.07) is 11.9. The van der Waals surface area contributed by atoms with E-state index < -0.39 is 17.7 Å². The van der Waals surface area contributed by atoms with Gasteiger partial charge in [0.25, 0.3) is 5.79 Å². The summed E-state index contributed by atoms with van der Waals surface area (Å²) >= 11 is 8.36. The molecule has 3 aliphatic rings. The number of hydrogen-bond donors (Lipinski definition) is 3. The Bertz CT molecular complexity index is 1390. The van der Waals surface area contributed by atoms with Gasteiger partial charge in [-0.3, -0.25) is 9.59 Å². The van der Waals surface area contributed by atoms with Crippen LogP contribution in [0.5, 0.6) is 0 Å². The molecule has 1 saturated carbocycles. The van der Waals surface area contributed by atoms with Crippen LogP contribution in [0, 0.1) is 12.8 Å². The predicted octanol–water partition coefficient (Wildman–Crippen LogP) is 5.38. The van der Waals surface area contributed by atoms with Crippen LogP contribution in [0.2, 0.25) is 5.02 Å². The van der Waals surface area contributed by atoms with Crippen molar-refractivity contribution in [2.75, 3.05) is 30.3 Å². The number of carbonyl (C=O) groups is 2. The van der Waals surface area contributed by atoms with Crippen LogP contribution in [-0.2, 0) is 37.8 Å². The number of fused-ring (bicyclic) bond motifs is 2. The predicted molar refractivity (Wildman–Crippen MR) is 152 cm³/mol. The minimum Gasteiger partial charge on any atom is -0.416 e. The highest BCUT2D eigenvalue weighted by molar-refractivity contribution is 7.16. The van der Waals surface area contributed by atoms with Gasteiger partial charge in [-0.2, -0.15) is 0 Å². The van der Waals surface area contributed by atoms with E-state index in [1.807, 2.05) is 0 Å². The van der Waals surface area contributed by atoms with Crippen LogP contribution in [0.25, 0.3) is 11.3 Å². The number of rotatable bonds is 7. The van der Waals surface area contributed by atoms with Crippen molar-refractivity contribution in [1.82, 2.24) is 10.3 Å². The number of anilines is 2. The first-order valence-electron chi connectivity index (χ1n) is 13.4. The molecule has 0 radical (unpaired) electrons. The summed E-state index contributed by atoms with van der Waals surface area (Å²) in [6.45, 7) is 4.47. The first kappa shape index (κ1) is 26.1. The van der Waals surface area contributed by atoms with Crippen LogP contribution in [-0.4, -0.2) is 36.6 Å². The lowest BCUT2D eigenvalue weighted by Crippen LogP contribution is -2.43. The second-order valence-corrected chi connectivity index (χ2v) is 12.0. The van der Waals surface area contributed by atoms with Crippen LogP contribution < -0.4 is 16.0 Å². The molecule has 2 fully saturated rings. The Morgan fingerprint density at radius 3 is 2.51 bits per heavy atom. The van der Waals surface area contributed by atoms with Crippen LogP contribution in [0.4, 0.5) is 10.8 Å². The molecule has 6 rings (SSSR count). The normalized spacial score (nSPS) is 18.5. The Labute approximate surface area is 236 Å². The molecule has 1 aliphatic carbocycles. The first-order chi connectivity index (χ1) is 18.9. The molecule has 1 spiro atoms. The summed E-state index contributed by atoms with van der Waals surface area (Å²) in [5.74, 6) is -1.62. The molecule has 0 unspecified atom stereocenters. The van der Waals surface area contributed by atoms with Crippen molar-refractivity contribution in [3.63, 3.8) is 0 Å². The van der Waals surface area contributed by atoms with Gasteiger partial charge in [0.2, 0.25) is 0 Å². The zero-order valence-corrected chi connectivity index (χ0v) is 23.3. The maximum atomic E-state index is 12.4. The van der Waals surface area contributed by atoms with Gasteiger partial charge >= 0.3 is 11.9 Å². The van der Waals surface area contributed by atoms with Crippen LogP contribution in [0.15, 0.2) is 36.4 Å². The molecule has 2 aliphatic heterocycles. The van der Waals surface area contributed by atoms with E-state index in [-0.39, 0.29) is 19.4 Å². The summed E-state index contributed by atoms with van der Waals surface area (Å²) < 4.78 is 11.5. The van der Waals surface area contributed by atoms with Crippen molar-refractivity contribution < 1.29 is 19.1 Å². The Morgan fingerprint density at radius 2 is 1.79 bits per heavy atom. The van der Waals surface area contributed by atoms with E-state index in [2.05, 4.69) is 47.1 Å². The molecule has 0 bridgehead atoms. The summed E-state index contributed by atoms with van der Waals surface area (Å²) in [4.78, 5) is 30.8. The standard InChI is InChI=1S/C29H31ClN4O4S/c1-17-26(34-28(39-17)33-15-18-2-3-18)20-6-4-19(5-7-20)14-32-27-21-12-13-31-16-29(22(21)8-9-23(27)30)37-24(35)10-11-25(36)38-29/h4-9,18,31-32H,2-3,10-16H2,1H3,(H,33,34). The van der Waals surface area contributed by atoms with Gasteiger partial charge in [-0.05, 0) is 61.9 Å². The zero-order valence-electron chi connectivity index (χ0n) is 21.8. The fourth-order valence-electron chi connectivity index (χ4n) is 5.13. The van der Waals surface area contributed by atoms with Crippen molar-refractivity contribution in [2.45, 2.75) is 51.4 Å². The van der Waals surface area contributed by atoms with Crippen molar-refractivity contribution in [1.29, 1.82) is 0 Å². The van der Waals surface area contributed by atoms with E-state index in [1.165, 1.54) is 17.7 Å². The number of hydrogen-bond acceptors (Lipinski definition) is 9. The Hall–Kier alpha value is -3.14. The molecule has 0 amide bonds. The molecule has 3 heterocycles. The summed E-state index contributed by atoms with van der Waals surface area (Å²) in [7, 11) is 0. The van der Waals surface area contributed by atoms with E-state index in [0.29, 0.717) is 30.1 Å². The van der Waals surface area contributed by atoms with E-state index in [1.54, 1.807) is 23.5 Å². The Morgan fingerprint density at radius 1 is 1.05 bits per heavy atom. The van der Waals surface area contributed by atoms with Gasteiger partial charge in [-0.1, -0.05) is 35.9 Å². The Kier molecular flexibility index (Phi) is 7.22. The van der Waals surface area contributed by atoms with Crippen molar-refractivity contribution in [2.24, 2.45) is 5.92 Å². The smallest absolute Gasteiger partial charge is 0.309 e. The fraction of sp³-hybridized carbons (Fsp3) is 0.414. The number of thiazole rings is 1. The van der Waals surface area contributed by atoms with Gasteiger partial charge in [0.05, 0.1) is 35.8 Å². The number of ether oxygens (including phenoxy) is 2. The number of aryl methyl sites for hydroxylation is 1. The number of benzene rings is 2. The highest BCUT2D eigenvalue weighted by Gasteiger charge is 2.46. The monoisotopic (exact) mass is 566 g/mol. The highest BCUT2D eigenvalue weighted by Crippen LogP contribution is 2.40. The number of nitrogens with one attached hydrogen (secondary N) is 3. The van der Waals surface area contributed by atoms with E-state index in [4.69, 9.17) is 26.1 Å². The second kappa shape index (κ2) is 10.8. The number of aromatic nitrogens is 1. The van der Waals surface area contributed by atoms with Crippen molar-refractivity contribution in [3.05, 3.63) is 63.0 Å². The molecule has 8 nitrogen and oxygen atoms in total. The lowest BCUT2D eigenvalue weighted by Gasteiger charge is -2.32. The van der Waals surface area contributed by atoms with E-state index in [9.17, 15) is 9.59 Å². The van der Waals surface area contributed by atoms with E-state index >= 15 is 0 Å². The van der Waals surface area contributed by atoms with Gasteiger partial charge in [-0.15, -0.1) is 11.3 Å². The molecule has 1 saturated heterocycles. The van der Waals surface area contributed by atoms with Gasteiger partial charge in [0.15, 0.2) is 5.13 Å². The minimum atomic E-state index is -1.50. The van der Waals surface area contributed by atoms with Crippen molar-refractivity contribution in [3.8, 4) is 11.3 Å². The summed E-state index contributed by atoms with van der Waals surface area (Å²) in [5, 5.41) is 11.8. The maximum Gasteiger partial charge on any atom is 0.309 e. The average molecular weight is 567 g/mol. The number of halogens is 1. The molecule has 1 aromatic heterocycles. The Balaban J connectivity index is 1.21. The largest absolute Gasteiger partial charge is 0.416 e. The van der Waals surface area contributed by atoms with Crippen LogP contribution in [0.1, 0.15) is 47.3 Å². The third kappa shape index (κ3) is 5.62. The lowest BCUT2D eigenvalue weighted by atomic mass is 9.96. The van der Waals surface area contributed by atoms with Crippen LogP contribution in [0.3, 0.4) is 0 Å². The maximum absolute atomic E-state index is 12.4. The summed E-state index contributed by atoms with van der Waals surface area (Å²) in [6.07, 6.45) is 3.27. The molecular weight excluding hydrogens is 536 g/mol. The third-order valence-electron chi connectivity index (χ3n) is 7.40. The highest BCUT2D eigenvalue weighted by atomic mass is 35.5. The fourth-order valence-corrected chi connectivity index (χ4v) is 6.22. The van der Waals surface area contributed by atoms with E-state index in [0.717, 1.165) is 45.7 Å². The average Bonchev–Trinajstić information content (AvgIpc) is 3.72. The molecule has 3 N–H and O–H groups in total. The minimum absolute atomic E-state index is 0.00330. The molecule has 0 atom stereocenters. The number of carbonyl (C=O) groups excluding carboxylic acids is 2. The zero-order chi connectivity index (χ0) is 27.0. The van der Waals surface area contributed by atoms with Gasteiger partial charge in [0.1, 0.15) is 0 Å². The van der Waals surface area contributed by atoms with Crippen molar-refractivity contribution >= 4 is 45.7 Å². The van der Waals surface area contributed by atoms with Gasteiger partial charge in [-0.25, -0.2) is 4.98 Å². The molecule has 204 valence electrons. The SMILES string of the molecule is Cc1sc(NCC2CC2)nc1-c1ccc(CNc2c(Cl)ccc3c2CCNCC32OC(=O)CCC(=O)O2)cc1. The molecule has 39 heavy (non-hydrogen) atoms.